The summed E-state index contributed by atoms with van der Waals surface area (Å²) in [5.41, 5.74) is 0. The Morgan fingerprint density at radius 3 is 0.910 bits per heavy atom. The lowest BCUT2D eigenvalue weighted by molar-refractivity contribution is -0.167. The third-order valence-electron chi connectivity index (χ3n) is 13.2. The van der Waals surface area contributed by atoms with Gasteiger partial charge in [-0.2, -0.15) is 0 Å². The summed E-state index contributed by atoms with van der Waals surface area (Å²) in [5, 5.41) is 0. The van der Waals surface area contributed by atoms with Crippen LogP contribution in [0.1, 0.15) is 316 Å². The van der Waals surface area contributed by atoms with Crippen molar-refractivity contribution < 1.29 is 28.6 Å². The molecule has 0 bridgehead atoms. The average molecular weight is 942 g/mol. The van der Waals surface area contributed by atoms with Crippen molar-refractivity contribution in [3.05, 3.63) is 36.5 Å². The van der Waals surface area contributed by atoms with Crippen LogP contribution in [0.4, 0.5) is 0 Å². The second-order valence-corrected chi connectivity index (χ2v) is 19.9. The highest BCUT2D eigenvalue weighted by atomic mass is 16.6. The minimum atomic E-state index is -0.783. The Morgan fingerprint density at radius 2 is 0.582 bits per heavy atom. The summed E-state index contributed by atoms with van der Waals surface area (Å²) in [6.45, 7) is 6.55. The molecule has 0 fully saturated rings. The highest BCUT2D eigenvalue weighted by molar-refractivity contribution is 5.71. The lowest BCUT2D eigenvalue weighted by Gasteiger charge is -2.18. The Kier molecular flexibility index (Phi) is 54.2. The van der Waals surface area contributed by atoms with Gasteiger partial charge in [0.15, 0.2) is 6.10 Å². The lowest BCUT2D eigenvalue weighted by Crippen LogP contribution is -2.30. The Bertz CT molecular complexity index is 1130. The zero-order valence-corrected chi connectivity index (χ0v) is 44.9. The number of unbranched alkanes of at least 4 members (excludes halogenated alkanes) is 37. The van der Waals surface area contributed by atoms with Crippen LogP contribution in [-0.4, -0.2) is 37.2 Å². The molecule has 0 spiro atoms. The predicted molar refractivity (Wildman–Crippen MR) is 289 cm³/mol. The third kappa shape index (κ3) is 54.4. The summed E-state index contributed by atoms with van der Waals surface area (Å²) in [7, 11) is 0. The van der Waals surface area contributed by atoms with Crippen LogP contribution in [0.15, 0.2) is 36.5 Å². The van der Waals surface area contributed by atoms with Crippen LogP contribution in [-0.2, 0) is 28.6 Å². The van der Waals surface area contributed by atoms with Gasteiger partial charge in [-0.15, -0.1) is 0 Å². The molecule has 0 aromatic carbocycles. The zero-order valence-electron chi connectivity index (χ0n) is 44.9. The fourth-order valence-electron chi connectivity index (χ4n) is 8.75. The first-order chi connectivity index (χ1) is 33.0. The van der Waals surface area contributed by atoms with Crippen LogP contribution >= 0.6 is 0 Å². The van der Waals surface area contributed by atoms with E-state index in [9.17, 15) is 14.4 Å². The van der Waals surface area contributed by atoms with Crippen molar-refractivity contribution in [2.24, 2.45) is 0 Å². The molecule has 0 saturated heterocycles. The number of allylic oxidation sites excluding steroid dienone is 6. The predicted octanol–water partition coefficient (Wildman–Crippen LogP) is 19.7. The van der Waals surface area contributed by atoms with Gasteiger partial charge in [-0.1, -0.05) is 282 Å². The molecule has 0 aromatic rings. The summed E-state index contributed by atoms with van der Waals surface area (Å²) in [6.07, 6.45) is 67.2. The molecule has 0 amide bonds. The SMILES string of the molecule is CC/C=C\C/C=C\C/C=C\CCCCCC(=O)OC(COC(=O)CCCCCCCCCCCCCCC)COC(=O)CCCCCCCCCCCCCCCCCCCCCCCCC. The Labute approximate surface area is 416 Å². The Hall–Kier alpha value is -2.37. The maximum atomic E-state index is 12.8. The molecular formula is C61H112O6. The molecule has 6 nitrogen and oxygen atoms in total. The first kappa shape index (κ1) is 64.6. The third-order valence-corrected chi connectivity index (χ3v) is 13.2. The molecule has 67 heavy (non-hydrogen) atoms. The molecule has 0 rings (SSSR count). The van der Waals surface area contributed by atoms with Crippen molar-refractivity contribution in [1.82, 2.24) is 0 Å². The maximum absolute atomic E-state index is 12.8. The minimum absolute atomic E-state index is 0.0793. The maximum Gasteiger partial charge on any atom is 0.306 e. The molecule has 0 heterocycles. The van der Waals surface area contributed by atoms with Crippen LogP contribution in [0.5, 0.6) is 0 Å². The van der Waals surface area contributed by atoms with Crippen molar-refractivity contribution in [2.45, 2.75) is 322 Å². The zero-order chi connectivity index (χ0) is 48.6. The van der Waals surface area contributed by atoms with E-state index in [-0.39, 0.29) is 31.1 Å². The fraction of sp³-hybridized carbons (Fsp3) is 0.852. The summed E-state index contributed by atoms with van der Waals surface area (Å²) in [5.74, 6) is -0.890. The van der Waals surface area contributed by atoms with Crippen LogP contribution in [0, 0.1) is 0 Å². The van der Waals surface area contributed by atoms with Gasteiger partial charge in [0.2, 0.25) is 0 Å². The van der Waals surface area contributed by atoms with Gasteiger partial charge in [0.05, 0.1) is 0 Å². The number of esters is 3. The first-order valence-corrected chi connectivity index (χ1v) is 29.5. The second-order valence-electron chi connectivity index (χ2n) is 19.9. The number of hydrogen-bond acceptors (Lipinski definition) is 6. The highest BCUT2D eigenvalue weighted by Gasteiger charge is 2.19. The molecule has 392 valence electrons. The van der Waals surface area contributed by atoms with Gasteiger partial charge in [0.25, 0.3) is 0 Å². The fourth-order valence-corrected chi connectivity index (χ4v) is 8.75. The molecule has 6 heteroatoms. The van der Waals surface area contributed by atoms with E-state index in [4.69, 9.17) is 14.2 Å². The highest BCUT2D eigenvalue weighted by Crippen LogP contribution is 2.17. The summed E-state index contributed by atoms with van der Waals surface area (Å²) in [4.78, 5) is 38.1. The van der Waals surface area contributed by atoms with E-state index >= 15 is 0 Å². The molecule has 0 radical (unpaired) electrons. The number of hydrogen-bond donors (Lipinski definition) is 0. The van der Waals surface area contributed by atoms with E-state index < -0.39 is 6.10 Å². The largest absolute Gasteiger partial charge is 0.462 e. The van der Waals surface area contributed by atoms with Crippen LogP contribution in [0.2, 0.25) is 0 Å². The van der Waals surface area contributed by atoms with Gasteiger partial charge in [-0.25, -0.2) is 0 Å². The number of rotatable bonds is 54. The quantitative estimate of drug-likeness (QED) is 0.0262. The normalized spacial score (nSPS) is 12.2. The van der Waals surface area contributed by atoms with Gasteiger partial charge < -0.3 is 14.2 Å². The average Bonchev–Trinajstić information content (AvgIpc) is 3.33. The molecule has 0 aliphatic rings. The minimum Gasteiger partial charge on any atom is -0.462 e. The second kappa shape index (κ2) is 56.2. The summed E-state index contributed by atoms with van der Waals surface area (Å²) < 4.78 is 16.8. The van der Waals surface area contributed by atoms with Gasteiger partial charge >= 0.3 is 17.9 Å². The smallest absolute Gasteiger partial charge is 0.306 e. The van der Waals surface area contributed by atoms with E-state index in [1.54, 1.807) is 0 Å². The van der Waals surface area contributed by atoms with Gasteiger partial charge in [-0.05, 0) is 51.4 Å². The van der Waals surface area contributed by atoms with Crippen LogP contribution < -0.4 is 0 Å². The monoisotopic (exact) mass is 941 g/mol. The molecule has 0 N–H and O–H groups in total. The van der Waals surface area contributed by atoms with Crippen molar-refractivity contribution in [3.63, 3.8) is 0 Å². The van der Waals surface area contributed by atoms with Gasteiger partial charge in [0.1, 0.15) is 13.2 Å². The number of carbonyl (C=O) groups is 3. The molecular weight excluding hydrogens is 829 g/mol. The molecule has 0 aliphatic carbocycles. The topological polar surface area (TPSA) is 78.9 Å². The van der Waals surface area contributed by atoms with Crippen LogP contribution in [0.3, 0.4) is 0 Å². The van der Waals surface area contributed by atoms with E-state index in [0.29, 0.717) is 19.3 Å². The molecule has 1 unspecified atom stereocenters. The summed E-state index contributed by atoms with van der Waals surface area (Å²) >= 11 is 0. The molecule has 0 aliphatic heterocycles. The van der Waals surface area contributed by atoms with Crippen LogP contribution in [0.25, 0.3) is 0 Å². The van der Waals surface area contributed by atoms with Crippen molar-refractivity contribution in [2.75, 3.05) is 13.2 Å². The van der Waals surface area contributed by atoms with Crippen molar-refractivity contribution >= 4 is 17.9 Å². The number of carbonyl (C=O) groups excluding carboxylic acids is 3. The van der Waals surface area contributed by atoms with Gasteiger partial charge in [0, 0.05) is 19.3 Å². The van der Waals surface area contributed by atoms with E-state index in [1.165, 1.54) is 193 Å². The van der Waals surface area contributed by atoms with Gasteiger partial charge in [-0.3, -0.25) is 14.4 Å². The van der Waals surface area contributed by atoms with E-state index in [0.717, 1.165) is 83.5 Å². The molecule has 0 aromatic heterocycles. The van der Waals surface area contributed by atoms with E-state index in [2.05, 4.69) is 57.2 Å². The van der Waals surface area contributed by atoms with Crippen molar-refractivity contribution in [3.8, 4) is 0 Å². The Morgan fingerprint density at radius 1 is 0.313 bits per heavy atom. The molecule has 1 atom stereocenters. The summed E-state index contributed by atoms with van der Waals surface area (Å²) in [6, 6.07) is 0. The van der Waals surface area contributed by atoms with Crippen molar-refractivity contribution in [1.29, 1.82) is 0 Å². The van der Waals surface area contributed by atoms with E-state index in [1.807, 2.05) is 0 Å². The molecule has 0 saturated carbocycles. The first-order valence-electron chi connectivity index (χ1n) is 29.5. The standard InChI is InChI=1S/C61H112O6/c1-4-7-10-13-16-19-22-25-26-27-28-29-30-31-32-33-34-37-39-42-45-48-51-54-60(63)66-57-58(67-61(64)55-52-49-46-43-40-36-24-21-18-15-12-9-6-3)56-65-59(62)53-50-47-44-41-38-35-23-20-17-14-11-8-5-2/h9,12,18,21,36,40,58H,4-8,10-11,13-17,19-20,22-35,37-39,41-57H2,1-3H3/b12-9-,21-18-,40-36-. The Balaban J connectivity index is 4.24. The lowest BCUT2D eigenvalue weighted by atomic mass is 10.0. The number of ether oxygens (including phenoxy) is 3.